The van der Waals surface area contributed by atoms with E-state index in [1.165, 1.54) is 0 Å². The van der Waals surface area contributed by atoms with Crippen molar-refractivity contribution in [2.75, 3.05) is 46.4 Å². The Hall–Kier alpha value is -2.78. The van der Waals surface area contributed by atoms with Crippen molar-refractivity contribution >= 4 is 28.3 Å². The van der Waals surface area contributed by atoms with Crippen molar-refractivity contribution in [2.45, 2.75) is 6.92 Å². The van der Waals surface area contributed by atoms with Crippen LogP contribution in [0.25, 0.3) is 28.1 Å². The zero-order chi connectivity index (χ0) is 22.1. The van der Waals surface area contributed by atoms with Gasteiger partial charge in [-0.1, -0.05) is 23.7 Å². The molecule has 1 aliphatic heterocycles. The summed E-state index contributed by atoms with van der Waals surface area (Å²) in [5, 5.41) is 11.4. The number of benzene rings is 2. The Balaban J connectivity index is 1.39. The highest BCUT2D eigenvalue weighted by Crippen LogP contribution is 2.32. The van der Waals surface area contributed by atoms with Crippen molar-refractivity contribution in [1.29, 1.82) is 0 Å². The van der Waals surface area contributed by atoms with Crippen LogP contribution in [0.4, 0.5) is 0 Å². The standard InChI is InChI=1S/C23H25ClN6O2/c1-16-22-26-27-23(30(22)21-6-4-3-5-20(21)25-16)18-15-17(7-8-19(18)24)32-14-13-28-9-11-29(31-2)12-10-28/h3-8,15H,9-14H2,1-2H3. The van der Waals surface area contributed by atoms with Crippen LogP contribution >= 0.6 is 11.6 Å². The molecule has 1 fully saturated rings. The smallest absolute Gasteiger partial charge is 0.183 e. The van der Waals surface area contributed by atoms with Crippen LogP contribution < -0.4 is 4.74 Å². The van der Waals surface area contributed by atoms with Crippen LogP contribution in [0.3, 0.4) is 0 Å². The molecule has 0 aliphatic carbocycles. The number of hydrogen-bond acceptors (Lipinski definition) is 7. The minimum absolute atomic E-state index is 0.598. The van der Waals surface area contributed by atoms with Gasteiger partial charge in [0.1, 0.15) is 12.4 Å². The maximum Gasteiger partial charge on any atom is 0.183 e. The van der Waals surface area contributed by atoms with Gasteiger partial charge in [-0.3, -0.25) is 9.30 Å². The molecule has 32 heavy (non-hydrogen) atoms. The highest BCUT2D eigenvalue weighted by molar-refractivity contribution is 6.33. The fourth-order valence-electron chi connectivity index (χ4n) is 4.09. The summed E-state index contributed by atoms with van der Waals surface area (Å²) in [5.74, 6) is 1.43. The lowest BCUT2D eigenvalue weighted by Gasteiger charge is -2.32. The van der Waals surface area contributed by atoms with Crippen LogP contribution in [-0.4, -0.2) is 76.0 Å². The second-order valence-electron chi connectivity index (χ2n) is 7.81. The minimum atomic E-state index is 0.598. The van der Waals surface area contributed by atoms with Gasteiger partial charge in [0.2, 0.25) is 0 Å². The van der Waals surface area contributed by atoms with Crippen molar-refractivity contribution in [3.63, 3.8) is 0 Å². The molecule has 5 rings (SSSR count). The molecule has 1 saturated heterocycles. The monoisotopic (exact) mass is 452 g/mol. The molecule has 0 spiro atoms. The molecule has 1 aliphatic rings. The molecule has 9 heteroatoms. The summed E-state index contributed by atoms with van der Waals surface area (Å²) in [6.45, 7) is 7.14. The van der Waals surface area contributed by atoms with Gasteiger partial charge in [-0.25, -0.2) is 4.98 Å². The van der Waals surface area contributed by atoms with Gasteiger partial charge in [0.15, 0.2) is 11.5 Å². The number of piperazine rings is 1. The average Bonchev–Trinajstić information content (AvgIpc) is 3.27. The topological polar surface area (TPSA) is 68.0 Å². The van der Waals surface area contributed by atoms with E-state index in [2.05, 4.69) is 20.1 Å². The fraction of sp³-hybridized carbons (Fsp3) is 0.348. The first kappa shape index (κ1) is 21.1. The van der Waals surface area contributed by atoms with Gasteiger partial charge in [0.25, 0.3) is 0 Å². The summed E-state index contributed by atoms with van der Waals surface area (Å²) in [5.41, 5.74) is 4.14. The highest BCUT2D eigenvalue weighted by atomic mass is 35.5. The normalized spacial score (nSPS) is 15.6. The Morgan fingerprint density at radius 3 is 2.66 bits per heavy atom. The van der Waals surface area contributed by atoms with Gasteiger partial charge >= 0.3 is 0 Å². The molecule has 166 valence electrons. The predicted molar refractivity (Wildman–Crippen MR) is 124 cm³/mol. The lowest BCUT2D eigenvalue weighted by molar-refractivity contribution is -0.152. The second kappa shape index (κ2) is 8.99. The van der Waals surface area contributed by atoms with Crippen LogP contribution in [0.5, 0.6) is 5.75 Å². The lowest BCUT2D eigenvalue weighted by atomic mass is 10.2. The number of para-hydroxylation sites is 2. The minimum Gasteiger partial charge on any atom is -0.492 e. The largest absolute Gasteiger partial charge is 0.492 e. The summed E-state index contributed by atoms with van der Waals surface area (Å²) in [6.07, 6.45) is 0. The van der Waals surface area contributed by atoms with Crippen molar-refractivity contribution in [2.24, 2.45) is 0 Å². The number of aromatic nitrogens is 4. The van der Waals surface area contributed by atoms with Crippen LogP contribution in [0.15, 0.2) is 42.5 Å². The number of nitrogens with zero attached hydrogens (tertiary/aromatic N) is 6. The summed E-state index contributed by atoms with van der Waals surface area (Å²) in [7, 11) is 1.72. The van der Waals surface area contributed by atoms with E-state index >= 15 is 0 Å². The van der Waals surface area contributed by atoms with Gasteiger partial charge in [-0.15, -0.1) is 10.2 Å². The van der Waals surface area contributed by atoms with E-state index in [0.717, 1.165) is 66.4 Å². The zero-order valence-corrected chi connectivity index (χ0v) is 18.9. The van der Waals surface area contributed by atoms with Crippen LogP contribution in [0, 0.1) is 6.92 Å². The molecule has 0 atom stereocenters. The number of fused-ring (bicyclic) bond motifs is 3. The summed E-state index contributed by atoms with van der Waals surface area (Å²) < 4.78 is 8.08. The van der Waals surface area contributed by atoms with Crippen molar-refractivity contribution < 1.29 is 9.57 Å². The van der Waals surface area contributed by atoms with Crippen molar-refractivity contribution in [3.05, 3.63) is 53.2 Å². The highest BCUT2D eigenvalue weighted by Gasteiger charge is 2.18. The molecule has 0 N–H and O–H groups in total. The molecular weight excluding hydrogens is 428 g/mol. The van der Waals surface area contributed by atoms with E-state index in [4.69, 9.17) is 21.2 Å². The third-order valence-corrected chi connectivity index (χ3v) is 6.17. The van der Waals surface area contributed by atoms with Gasteiger partial charge in [-0.2, -0.15) is 5.06 Å². The molecule has 0 radical (unpaired) electrons. The Morgan fingerprint density at radius 1 is 1.03 bits per heavy atom. The lowest BCUT2D eigenvalue weighted by Crippen LogP contribution is -2.46. The van der Waals surface area contributed by atoms with Crippen molar-refractivity contribution in [1.82, 2.24) is 29.5 Å². The summed E-state index contributed by atoms with van der Waals surface area (Å²) in [4.78, 5) is 12.3. The zero-order valence-electron chi connectivity index (χ0n) is 18.2. The number of ether oxygens (including phenoxy) is 1. The van der Waals surface area contributed by atoms with E-state index in [-0.39, 0.29) is 0 Å². The van der Waals surface area contributed by atoms with E-state index < -0.39 is 0 Å². The van der Waals surface area contributed by atoms with Crippen molar-refractivity contribution in [3.8, 4) is 17.1 Å². The molecule has 0 saturated carbocycles. The maximum atomic E-state index is 6.59. The van der Waals surface area contributed by atoms with Gasteiger partial charge in [0.05, 0.1) is 28.9 Å². The van der Waals surface area contributed by atoms with Gasteiger partial charge in [0, 0.05) is 38.3 Å². The first-order chi connectivity index (χ1) is 15.6. The summed E-state index contributed by atoms with van der Waals surface area (Å²) in [6, 6.07) is 13.6. The molecule has 2 aromatic carbocycles. The second-order valence-corrected chi connectivity index (χ2v) is 8.22. The molecule has 3 heterocycles. The summed E-state index contributed by atoms with van der Waals surface area (Å²) >= 11 is 6.59. The van der Waals surface area contributed by atoms with Gasteiger partial charge in [-0.05, 0) is 37.3 Å². The number of hydroxylamine groups is 2. The molecule has 0 amide bonds. The third-order valence-electron chi connectivity index (χ3n) is 5.84. The number of halogens is 1. The van der Waals surface area contributed by atoms with E-state index in [9.17, 15) is 0 Å². The Bertz CT molecular complexity index is 1250. The quantitative estimate of drug-likeness (QED) is 0.443. The number of hydrogen-bond donors (Lipinski definition) is 0. The van der Waals surface area contributed by atoms with Gasteiger partial charge < -0.3 is 9.57 Å². The molecular formula is C23H25ClN6O2. The third kappa shape index (κ3) is 4.02. The molecule has 8 nitrogen and oxygen atoms in total. The average molecular weight is 453 g/mol. The Labute approximate surface area is 191 Å². The SMILES string of the molecule is CON1CCN(CCOc2ccc(Cl)c(-c3nnc4c(C)nc5ccccc5n34)c2)CC1. The van der Waals surface area contributed by atoms with Crippen LogP contribution in [-0.2, 0) is 4.84 Å². The Kier molecular flexibility index (Phi) is 5.93. The first-order valence-electron chi connectivity index (χ1n) is 10.7. The van der Waals surface area contributed by atoms with E-state index in [1.54, 1.807) is 7.11 Å². The molecule has 0 unspecified atom stereocenters. The number of rotatable bonds is 6. The maximum absolute atomic E-state index is 6.59. The van der Waals surface area contributed by atoms with Crippen LogP contribution in [0.2, 0.25) is 5.02 Å². The molecule has 4 aromatic rings. The van der Waals surface area contributed by atoms with Crippen LogP contribution in [0.1, 0.15) is 5.69 Å². The molecule has 0 bridgehead atoms. The first-order valence-corrected chi connectivity index (χ1v) is 11.1. The predicted octanol–water partition coefficient (Wildman–Crippen LogP) is 3.46. The van der Waals surface area contributed by atoms with E-state index in [0.29, 0.717) is 17.5 Å². The van der Waals surface area contributed by atoms with E-state index in [1.807, 2.05) is 58.9 Å². The Morgan fingerprint density at radius 2 is 1.84 bits per heavy atom. The fourth-order valence-corrected chi connectivity index (χ4v) is 4.30. The molecule has 2 aromatic heterocycles. The number of aryl methyl sites for hydroxylation is 1.